The van der Waals surface area contributed by atoms with Gasteiger partial charge in [0.05, 0.1) is 7.11 Å². The largest absolute Gasteiger partial charge is 0.497 e. The van der Waals surface area contributed by atoms with E-state index in [2.05, 4.69) is 4.99 Å². The molecule has 0 N–H and O–H groups in total. The molecular weight excluding hydrogens is 330 g/mol. The standard InChI is InChI=1S/C21H23NO4/c1-21(2,3)26-20(23)17-18(14-10-12-16(24-4)13-11-14)25-19(22-17)15-8-6-5-7-9-15/h5-13,17-18H,1-4H3/t17-,18-/m1/s1. The number of ether oxygens (including phenoxy) is 3. The zero-order valence-corrected chi connectivity index (χ0v) is 15.4. The quantitative estimate of drug-likeness (QED) is 0.782. The van der Waals surface area contributed by atoms with Crippen molar-refractivity contribution < 1.29 is 19.0 Å². The van der Waals surface area contributed by atoms with Crippen LogP contribution in [-0.2, 0) is 14.3 Å². The molecule has 0 saturated heterocycles. The van der Waals surface area contributed by atoms with Crippen molar-refractivity contribution >= 4 is 11.9 Å². The van der Waals surface area contributed by atoms with Gasteiger partial charge in [-0.2, -0.15) is 0 Å². The molecule has 1 aliphatic heterocycles. The molecule has 3 rings (SSSR count). The zero-order chi connectivity index (χ0) is 18.7. The molecule has 0 aromatic heterocycles. The van der Waals surface area contributed by atoms with Crippen LogP contribution in [0.25, 0.3) is 0 Å². The third-order valence-corrected chi connectivity index (χ3v) is 3.90. The van der Waals surface area contributed by atoms with E-state index >= 15 is 0 Å². The van der Waals surface area contributed by atoms with Crippen LogP contribution in [-0.4, -0.2) is 30.6 Å². The number of hydrogen-bond donors (Lipinski definition) is 0. The highest BCUT2D eigenvalue weighted by molar-refractivity contribution is 5.98. The lowest BCUT2D eigenvalue weighted by atomic mass is 10.0. The van der Waals surface area contributed by atoms with E-state index in [1.807, 2.05) is 75.4 Å². The molecule has 2 atom stereocenters. The molecule has 1 heterocycles. The Morgan fingerprint density at radius 3 is 2.27 bits per heavy atom. The zero-order valence-electron chi connectivity index (χ0n) is 15.4. The third kappa shape index (κ3) is 4.04. The lowest BCUT2D eigenvalue weighted by molar-refractivity contribution is -0.158. The number of aliphatic imine (C=N–C) groups is 1. The number of benzene rings is 2. The summed E-state index contributed by atoms with van der Waals surface area (Å²) in [6.45, 7) is 5.51. The van der Waals surface area contributed by atoms with E-state index in [0.29, 0.717) is 5.90 Å². The molecule has 0 amide bonds. The fourth-order valence-electron chi connectivity index (χ4n) is 2.71. The first-order chi connectivity index (χ1) is 12.4. The topological polar surface area (TPSA) is 57.1 Å². The summed E-state index contributed by atoms with van der Waals surface area (Å²) < 4.78 is 16.8. The molecule has 0 saturated carbocycles. The van der Waals surface area contributed by atoms with Crippen LogP contribution in [0.4, 0.5) is 0 Å². The first-order valence-corrected chi connectivity index (χ1v) is 8.54. The van der Waals surface area contributed by atoms with E-state index < -0.39 is 23.7 Å². The van der Waals surface area contributed by atoms with Crippen molar-refractivity contribution in [2.75, 3.05) is 7.11 Å². The Balaban J connectivity index is 1.92. The van der Waals surface area contributed by atoms with Gasteiger partial charge in [0.1, 0.15) is 11.4 Å². The van der Waals surface area contributed by atoms with Crippen LogP contribution in [0.15, 0.2) is 59.6 Å². The molecule has 0 bridgehead atoms. The van der Waals surface area contributed by atoms with Crippen molar-refractivity contribution in [3.05, 3.63) is 65.7 Å². The number of carbonyl (C=O) groups excluding carboxylic acids is 1. The molecule has 136 valence electrons. The minimum atomic E-state index is -0.752. The summed E-state index contributed by atoms with van der Waals surface area (Å²) in [5.41, 5.74) is 1.08. The minimum Gasteiger partial charge on any atom is -0.497 e. The van der Waals surface area contributed by atoms with Crippen molar-refractivity contribution in [2.24, 2.45) is 4.99 Å². The number of nitrogens with zero attached hydrogens (tertiary/aromatic N) is 1. The molecular formula is C21H23NO4. The molecule has 26 heavy (non-hydrogen) atoms. The molecule has 0 unspecified atom stereocenters. The van der Waals surface area contributed by atoms with Crippen LogP contribution >= 0.6 is 0 Å². The maximum atomic E-state index is 12.7. The van der Waals surface area contributed by atoms with Crippen LogP contribution in [0.5, 0.6) is 5.75 Å². The average molecular weight is 353 g/mol. The number of carbonyl (C=O) groups is 1. The highest BCUT2D eigenvalue weighted by Gasteiger charge is 2.40. The van der Waals surface area contributed by atoms with E-state index in [-0.39, 0.29) is 0 Å². The second-order valence-corrected chi connectivity index (χ2v) is 7.09. The summed E-state index contributed by atoms with van der Waals surface area (Å²) >= 11 is 0. The monoisotopic (exact) mass is 353 g/mol. The van der Waals surface area contributed by atoms with E-state index in [0.717, 1.165) is 16.9 Å². The Labute approximate surface area is 153 Å². The normalized spacial score (nSPS) is 19.5. The van der Waals surface area contributed by atoms with E-state index in [1.54, 1.807) is 7.11 Å². The summed E-state index contributed by atoms with van der Waals surface area (Å²) in [6, 6.07) is 16.2. The highest BCUT2D eigenvalue weighted by Crippen LogP contribution is 2.33. The second-order valence-electron chi connectivity index (χ2n) is 7.09. The third-order valence-electron chi connectivity index (χ3n) is 3.90. The summed E-state index contributed by atoms with van der Waals surface area (Å²) in [5.74, 6) is 0.788. The maximum absolute atomic E-state index is 12.7. The molecule has 0 fully saturated rings. The Morgan fingerprint density at radius 2 is 1.69 bits per heavy atom. The van der Waals surface area contributed by atoms with Crippen LogP contribution in [0, 0.1) is 0 Å². The lowest BCUT2D eigenvalue weighted by Gasteiger charge is -2.23. The van der Waals surface area contributed by atoms with Gasteiger partial charge in [0, 0.05) is 5.56 Å². The van der Waals surface area contributed by atoms with Crippen molar-refractivity contribution in [1.82, 2.24) is 0 Å². The smallest absolute Gasteiger partial charge is 0.335 e. The van der Waals surface area contributed by atoms with Gasteiger partial charge in [-0.05, 0) is 50.6 Å². The van der Waals surface area contributed by atoms with Gasteiger partial charge in [0.15, 0.2) is 12.1 Å². The lowest BCUT2D eigenvalue weighted by Crippen LogP contribution is -2.33. The summed E-state index contributed by atoms with van der Waals surface area (Å²) in [7, 11) is 1.61. The van der Waals surface area contributed by atoms with Gasteiger partial charge in [0.2, 0.25) is 5.90 Å². The van der Waals surface area contributed by atoms with Gasteiger partial charge in [-0.25, -0.2) is 9.79 Å². The first kappa shape index (κ1) is 18.0. The SMILES string of the molecule is COc1ccc([C@H]2OC(c3ccccc3)=N[C@H]2C(=O)OC(C)(C)C)cc1. The van der Waals surface area contributed by atoms with E-state index in [4.69, 9.17) is 14.2 Å². The second kappa shape index (κ2) is 7.20. The predicted octanol–water partition coefficient (Wildman–Crippen LogP) is 3.92. The van der Waals surface area contributed by atoms with Crippen LogP contribution in [0.3, 0.4) is 0 Å². The van der Waals surface area contributed by atoms with Crippen molar-refractivity contribution in [3.8, 4) is 5.75 Å². The van der Waals surface area contributed by atoms with E-state index in [1.165, 1.54) is 0 Å². The van der Waals surface area contributed by atoms with Crippen LogP contribution < -0.4 is 4.74 Å². The predicted molar refractivity (Wildman–Crippen MR) is 99.4 cm³/mol. The fraction of sp³-hybridized carbons (Fsp3) is 0.333. The minimum absolute atomic E-state index is 0.399. The van der Waals surface area contributed by atoms with Crippen LogP contribution in [0.1, 0.15) is 38.0 Å². The average Bonchev–Trinajstić information content (AvgIpc) is 3.07. The molecule has 0 aliphatic carbocycles. The van der Waals surface area contributed by atoms with Gasteiger partial charge in [-0.1, -0.05) is 30.3 Å². The van der Waals surface area contributed by atoms with Gasteiger partial charge in [0.25, 0.3) is 0 Å². The number of esters is 1. The number of rotatable bonds is 4. The highest BCUT2D eigenvalue weighted by atomic mass is 16.6. The molecule has 1 aliphatic rings. The number of methoxy groups -OCH3 is 1. The van der Waals surface area contributed by atoms with Crippen molar-refractivity contribution in [2.45, 2.75) is 38.5 Å². The first-order valence-electron chi connectivity index (χ1n) is 8.54. The molecule has 0 spiro atoms. The maximum Gasteiger partial charge on any atom is 0.335 e. The Hall–Kier alpha value is -2.82. The van der Waals surface area contributed by atoms with Crippen LogP contribution in [0.2, 0.25) is 0 Å². The summed E-state index contributed by atoms with van der Waals surface area (Å²) in [4.78, 5) is 17.2. The summed E-state index contributed by atoms with van der Waals surface area (Å²) in [6.07, 6.45) is -0.536. The molecule has 2 aromatic rings. The molecule has 5 nitrogen and oxygen atoms in total. The molecule has 5 heteroatoms. The number of hydrogen-bond acceptors (Lipinski definition) is 5. The van der Waals surface area contributed by atoms with Gasteiger partial charge < -0.3 is 14.2 Å². The van der Waals surface area contributed by atoms with E-state index in [9.17, 15) is 4.79 Å². The fourth-order valence-corrected chi connectivity index (χ4v) is 2.71. The van der Waals surface area contributed by atoms with Gasteiger partial charge >= 0.3 is 5.97 Å². The van der Waals surface area contributed by atoms with Gasteiger partial charge in [-0.3, -0.25) is 0 Å². The molecule has 0 radical (unpaired) electrons. The Kier molecular flexibility index (Phi) is 4.98. The Morgan fingerprint density at radius 1 is 1.04 bits per heavy atom. The molecule has 2 aromatic carbocycles. The van der Waals surface area contributed by atoms with Gasteiger partial charge in [-0.15, -0.1) is 0 Å². The summed E-state index contributed by atoms with van der Waals surface area (Å²) in [5, 5.41) is 0. The van der Waals surface area contributed by atoms with Crippen molar-refractivity contribution in [3.63, 3.8) is 0 Å². The van der Waals surface area contributed by atoms with Crippen molar-refractivity contribution in [1.29, 1.82) is 0 Å². The Bertz CT molecular complexity index is 791.